The van der Waals surface area contributed by atoms with Gasteiger partial charge in [-0.2, -0.15) is 0 Å². The molecule has 3 rings (SSSR count). The van der Waals surface area contributed by atoms with Crippen LogP contribution in [0.1, 0.15) is 36.9 Å². The summed E-state index contributed by atoms with van der Waals surface area (Å²) in [7, 11) is 1.62. The van der Waals surface area contributed by atoms with Crippen LogP contribution in [0.3, 0.4) is 0 Å². The van der Waals surface area contributed by atoms with Crippen LogP contribution in [0.5, 0.6) is 5.75 Å². The SMILES string of the molecule is COc1ccccc1C(C)NC(=O)CN(Cc1ccccc1F)C1CC1. The number of hydrogen-bond donors (Lipinski definition) is 1. The second-order valence-corrected chi connectivity index (χ2v) is 6.76. The second-order valence-electron chi connectivity index (χ2n) is 6.76. The number of ether oxygens (including phenoxy) is 1. The highest BCUT2D eigenvalue weighted by molar-refractivity contribution is 5.78. The molecule has 0 heterocycles. The van der Waals surface area contributed by atoms with Gasteiger partial charge in [-0.3, -0.25) is 9.69 Å². The van der Waals surface area contributed by atoms with Gasteiger partial charge in [0.2, 0.25) is 5.91 Å². The second kappa shape index (κ2) is 8.32. The van der Waals surface area contributed by atoms with Gasteiger partial charge in [-0.15, -0.1) is 0 Å². The van der Waals surface area contributed by atoms with E-state index >= 15 is 0 Å². The zero-order chi connectivity index (χ0) is 18.5. The van der Waals surface area contributed by atoms with Crippen molar-refractivity contribution >= 4 is 5.91 Å². The third-order valence-corrected chi connectivity index (χ3v) is 4.72. The molecule has 0 bridgehead atoms. The van der Waals surface area contributed by atoms with Crippen molar-refractivity contribution in [1.29, 1.82) is 0 Å². The van der Waals surface area contributed by atoms with Crippen molar-refractivity contribution in [2.75, 3.05) is 13.7 Å². The van der Waals surface area contributed by atoms with Crippen LogP contribution in [0.25, 0.3) is 0 Å². The number of hydrogen-bond acceptors (Lipinski definition) is 3. The average molecular weight is 356 g/mol. The monoisotopic (exact) mass is 356 g/mol. The Labute approximate surface area is 154 Å². The van der Waals surface area contributed by atoms with E-state index < -0.39 is 0 Å². The van der Waals surface area contributed by atoms with E-state index in [1.165, 1.54) is 6.07 Å². The number of carbonyl (C=O) groups is 1. The fraction of sp³-hybridized carbons (Fsp3) is 0.381. The number of nitrogens with zero attached hydrogens (tertiary/aromatic N) is 1. The van der Waals surface area contributed by atoms with E-state index in [0.29, 0.717) is 18.2 Å². The van der Waals surface area contributed by atoms with Gasteiger partial charge in [0.05, 0.1) is 19.7 Å². The van der Waals surface area contributed by atoms with Crippen LogP contribution in [0, 0.1) is 5.82 Å². The predicted octanol–water partition coefficient (Wildman–Crippen LogP) is 3.68. The van der Waals surface area contributed by atoms with Gasteiger partial charge in [0.25, 0.3) is 0 Å². The summed E-state index contributed by atoms with van der Waals surface area (Å²) in [6, 6.07) is 14.6. The number of benzene rings is 2. The highest BCUT2D eigenvalue weighted by Crippen LogP contribution is 2.29. The highest BCUT2D eigenvalue weighted by Gasteiger charge is 2.31. The van der Waals surface area contributed by atoms with Gasteiger partial charge < -0.3 is 10.1 Å². The fourth-order valence-corrected chi connectivity index (χ4v) is 3.17. The van der Waals surface area contributed by atoms with Crippen LogP contribution < -0.4 is 10.1 Å². The highest BCUT2D eigenvalue weighted by atomic mass is 19.1. The number of amides is 1. The zero-order valence-corrected chi connectivity index (χ0v) is 15.2. The number of carbonyl (C=O) groups excluding carboxylic acids is 1. The van der Waals surface area contributed by atoms with Crippen LogP contribution in [-0.4, -0.2) is 30.5 Å². The number of halogens is 1. The van der Waals surface area contributed by atoms with Crippen LogP contribution in [0.2, 0.25) is 0 Å². The lowest BCUT2D eigenvalue weighted by Crippen LogP contribution is -2.39. The molecule has 0 radical (unpaired) electrons. The molecule has 1 aliphatic rings. The van der Waals surface area contributed by atoms with Crippen molar-refractivity contribution in [2.45, 2.75) is 38.4 Å². The predicted molar refractivity (Wildman–Crippen MR) is 99.4 cm³/mol. The van der Waals surface area contributed by atoms with E-state index in [2.05, 4.69) is 10.2 Å². The van der Waals surface area contributed by atoms with Gasteiger partial charge in [0.1, 0.15) is 11.6 Å². The van der Waals surface area contributed by atoms with Gasteiger partial charge in [-0.25, -0.2) is 4.39 Å². The first-order valence-corrected chi connectivity index (χ1v) is 8.98. The lowest BCUT2D eigenvalue weighted by Gasteiger charge is -2.23. The zero-order valence-electron chi connectivity index (χ0n) is 15.2. The summed E-state index contributed by atoms with van der Waals surface area (Å²) in [6.45, 7) is 2.65. The van der Waals surface area contributed by atoms with E-state index in [1.54, 1.807) is 19.2 Å². The molecule has 5 heteroatoms. The molecule has 1 aliphatic carbocycles. The Balaban J connectivity index is 1.62. The molecule has 1 saturated carbocycles. The molecule has 1 N–H and O–H groups in total. The van der Waals surface area contributed by atoms with Gasteiger partial charge in [-0.05, 0) is 31.9 Å². The minimum atomic E-state index is -0.221. The quantitative estimate of drug-likeness (QED) is 0.785. The summed E-state index contributed by atoms with van der Waals surface area (Å²) in [4.78, 5) is 14.6. The molecule has 1 fully saturated rings. The molecule has 0 saturated heterocycles. The van der Waals surface area contributed by atoms with Crippen molar-refractivity contribution < 1.29 is 13.9 Å². The lowest BCUT2D eigenvalue weighted by atomic mass is 10.1. The summed E-state index contributed by atoms with van der Waals surface area (Å²) in [5.41, 5.74) is 1.57. The maximum absolute atomic E-state index is 13.9. The summed E-state index contributed by atoms with van der Waals surface area (Å²) in [5.74, 6) is 0.471. The number of methoxy groups -OCH3 is 1. The van der Waals surface area contributed by atoms with Crippen molar-refractivity contribution in [2.24, 2.45) is 0 Å². The van der Waals surface area contributed by atoms with E-state index in [1.807, 2.05) is 37.3 Å². The van der Waals surface area contributed by atoms with E-state index in [-0.39, 0.29) is 24.3 Å². The van der Waals surface area contributed by atoms with Crippen LogP contribution in [0.15, 0.2) is 48.5 Å². The van der Waals surface area contributed by atoms with Gasteiger partial charge in [-0.1, -0.05) is 36.4 Å². The van der Waals surface area contributed by atoms with Crippen molar-refractivity contribution in [3.8, 4) is 5.75 Å². The standard InChI is InChI=1S/C21H25FN2O2/c1-15(18-8-4-6-10-20(18)26-2)23-21(25)14-24(17-11-12-17)13-16-7-3-5-9-19(16)22/h3-10,15,17H,11-14H2,1-2H3,(H,23,25). The number of nitrogens with one attached hydrogen (secondary N) is 1. The first kappa shape index (κ1) is 18.4. The summed E-state index contributed by atoms with van der Waals surface area (Å²) in [6.07, 6.45) is 2.12. The smallest absolute Gasteiger partial charge is 0.234 e. The Morgan fingerprint density at radius 2 is 1.92 bits per heavy atom. The Bertz CT molecular complexity index is 761. The molecular weight excluding hydrogens is 331 g/mol. The molecule has 4 nitrogen and oxygen atoms in total. The third kappa shape index (κ3) is 4.61. The first-order valence-electron chi connectivity index (χ1n) is 8.98. The fourth-order valence-electron chi connectivity index (χ4n) is 3.17. The molecule has 138 valence electrons. The van der Waals surface area contributed by atoms with Crippen LogP contribution in [0.4, 0.5) is 4.39 Å². The van der Waals surface area contributed by atoms with Crippen LogP contribution in [-0.2, 0) is 11.3 Å². The molecule has 0 aromatic heterocycles. The molecular formula is C21H25FN2O2. The van der Waals surface area contributed by atoms with Crippen molar-refractivity contribution in [1.82, 2.24) is 10.2 Å². The van der Waals surface area contributed by atoms with Crippen LogP contribution >= 0.6 is 0 Å². The average Bonchev–Trinajstić information content (AvgIpc) is 3.48. The maximum Gasteiger partial charge on any atom is 0.234 e. The van der Waals surface area contributed by atoms with E-state index in [0.717, 1.165) is 24.2 Å². The largest absolute Gasteiger partial charge is 0.496 e. The normalized spacial score (nSPS) is 14.9. The Morgan fingerprint density at radius 3 is 2.62 bits per heavy atom. The van der Waals surface area contributed by atoms with E-state index in [4.69, 9.17) is 4.74 Å². The summed E-state index contributed by atoms with van der Waals surface area (Å²) in [5, 5.41) is 3.03. The molecule has 2 aromatic rings. The minimum Gasteiger partial charge on any atom is -0.496 e. The molecule has 0 aliphatic heterocycles. The Kier molecular flexibility index (Phi) is 5.89. The molecule has 0 spiro atoms. The third-order valence-electron chi connectivity index (χ3n) is 4.72. The van der Waals surface area contributed by atoms with Gasteiger partial charge >= 0.3 is 0 Å². The van der Waals surface area contributed by atoms with Crippen molar-refractivity contribution in [3.05, 3.63) is 65.5 Å². The number of para-hydroxylation sites is 1. The maximum atomic E-state index is 13.9. The first-order chi connectivity index (χ1) is 12.6. The van der Waals surface area contributed by atoms with E-state index in [9.17, 15) is 9.18 Å². The van der Waals surface area contributed by atoms with Crippen molar-refractivity contribution in [3.63, 3.8) is 0 Å². The molecule has 26 heavy (non-hydrogen) atoms. The minimum absolute atomic E-state index is 0.0633. The Hall–Kier alpha value is -2.40. The topological polar surface area (TPSA) is 41.6 Å². The van der Waals surface area contributed by atoms with Gasteiger partial charge in [0.15, 0.2) is 0 Å². The molecule has 2 aromatic carbocycles. The summed E-state index contributed by atoms with van der Waals surface area (Å²) < 4.78 is 19.3. The molecule has 1 atom stereocenters. The Morgan fingerprint density at radius 1 is 1.23 bits per heavy atom. The molecule has 1 amide bonds. The molecule has 1 unspecified atom stereocenters. The number of rotatable bonds is 8. The summed E-state index contributed by atoms with van der Waals surface area (Å²) >= 11 is 0. The lowest BCUT2D eigenvalue weighted by molar-refractivity contribution is -0.123. The van der Waals surface area contributed by atoms with Gasteiger partial charge in [0, 0.05) is 23.7 Å².